The lowest BCUT2D eigenvalue weighted by Gasteiger charge is -2.05. The molecule has 3 heteroatoms. The van der Waals surface area contributed by atoms with Crippen LogP contribution in [0.4, 0.5) is 0 Å². The minimum Gasteiger partial charge on any atom is -0.301 e. The van der Waals surface area contributed by atoms with Crippen LogP contribution < -0.4 is 0 Å². The van der Waals surface area contributed by atoms with Crippen molar-refractivity contribution < 1.29 is 0 Å². The second-order valence-corrected chi connectivity index (χ2v) is 8.28. The molecule has 0 amide bonds. The van der Waals surface area contributed by atoms with Crippen LogP contribution in [-0.4, -0.2) is 4.57 Å². The fourth-order valence-corrected chi connectivity index (χ4v) is 6.57. The largest absolute Gasteiger partial charge is 0.301 e. The zero-order valence-electron chi connectivity index (χ0n) is 13.3. The molecule has 6 aromatic rings. The molecule has 0 spiro atoms. The van der Waals surface area contributed by atoms with E-state index in [9.17, 15) is 0 Å². The molecule has 0 radical (unpaired) electrons. The first-order valence-electron chi connectivity index (χ1n) is 8.30. The molecular formula is C22H13NS2. The Hall–Kier alpha value is -2.62. The van der Waals surface area contributed by atoms with E-state index in [1.807, 2.05) is 22.7 Å². The lowest BCUT2D eigenvalue weighted by molar-refractivity contribution is 1.19. The van der Waals surface area contributed by atoms with Crippen molar-refractivity contribution in [3.63, 3.8) is 0 Å². The Kier molecular flexibility index (Phi) is 2.70. The van der Waals surface area contributed by atoms with Crippen molar-refractivity contribution in [1.82, 2.24) is 4.57 Å². The Balaban J connectivity index is 1.88. The molecule has 25 heavy (non-hydrogen) atoms. The predicted octanol–water partition coefficient (Wildman–Crippen LogP) is 7.21. The Morgan fingerprint density at radius 1 is 0.600 bits per heavy atom. The van der Waals surface area contributed by atoms with Gasteiger partial charge in [-0.2, -0.15) is 0 Å². The van der Waals surface area contributed by atoms with Crippen LogP contribution in [0.1, 0.15) is 0 Å². The Morgan fingerprint density at radius 3 is 2.20 bits per heavy atom. The summed E-state index contributed by atoms with van der Waals surface area (Å²) in [5, 5.41) is 4.13. The first-order valence-corrected chi connectivity index (χ1v) is 9.94. The van der Waals surface area contributed by atoms with Crippen molar-refractivity contribution in [2.45, 2.75) is 0 Å². The van der Waals surface area contributed by atoms with Gasteiger partial charge in [0, 0.05) is 26.5 Å². The Bertz CT molecular complexity index is 1380. The van der Waals surface area contributed by atoms with Crippen LogP contribution in [0, 0.1) is 0 Å². The highest BCUT2D eigenvalue weighted by atomic mass is 32.1. The number of nitrogens with zero attached hydrogens (tertiary/aromatic N) is 1. The first kappa shape index (κ1) is 13.6. The summed E-state index contributed by atoms with van der Waals surface area (Å²) >= 11 is 3.84. The number of fused-ring (bicyclic) bond motifs is 7. The topological polar surface area (TPSA) is 4.93 Å². The van der Waals surface area contributed by atoms with Gasteiger partial charge in [-0.3, -0.25) is 0 Å². The zero-order chi connectivity index (χ0) is 16.4. The van der Waals surface area contributed by atoms with Gasteiger partial charge in [-0.25, -0.2) is 0 Å². The van der Waals surface area contributed by atoms with Crippen LogP contribution in [0.2, 0.25) is 0 Å². The van der Waals surface area contributed by atoms with Crippen LogP contribution in [0.5, 0.6) is 0 Å². The molecule has 118 valence electrons. The molecule has 1 nitrogen and oxygen atoms in total. The standard InChI is InChI=1S/C22H13NS2/c1-2-8-14(9-3-1)23-17-12-6-4-10-15(17)19-21-20(25-22(19)23)16-11-5-7-13-18(16)24-21/h1-13H. The van der Waals surface area contributed by atoms with Crippen LogP contribution in [0.25, 0.3) is 46.3 Å². The third-order valence-corrected chi connectivity index (χ3v) is 7.35. The van der Waals surface area contributed by atoms with Gasteiger partial charge in [-0.05, 0) is 24.3 Å². The van der Waals surface area contributed by atoms with Gasteiger partial charge in [-0.1, -0.05) is 54.6 Å². The molecule has 6 rings (SSSR count). The quantitative estimate of drug-likeness (QED) is 0.293. The van der Waals surface area contributed by atoms with Gasteiger partial charge in [0.05, 0.1) is 14.9 Å². The van der Waals surface area contributed by atoms with Gasteiger partial charge in [0.15, 0.2) is 0 Å². The maximum absolute atomic E-state index is 2.41. The molecule has 0 aliphatic rings. The van der Waals surface area contributed by atoms with Gasteiger partial charge < -0.3 is 4.57 Å². The normalized spacial score (nSPS) is 12.0. The van der Waals surface area contributed by atoms with Crippen molar-refractivity contribution in [2.75, 3.05) is 0 Å². The van der Waals surface area contributed by atoms with Gasteiger partial charge >= 0.3 is 0 Å². The number of aromatic nitrogens is 1. The van der Waals surface area contributed by atoms with Crippen LogP contribution >= 0.6 is 22.7 Å². The highest BCUT2D eigenvalue weighted by Crippen LogP contribution is 2.48. The molecule has 0 saturated heterocycles. The van der Waals surface area contributed by atoms with E-state index in [1.54, 1.807) is 0 Å². The summed E-state index contributed by atoms with van der Waals surface area (Å²) in [4.78, 5) is 1.35. The molecular weight excluding hydrogens is 342 g/mol. The summed E-state index contributed by atoms with van der Waals surface area (Å²) in [7, 11) is 0. The van der Waals surface area contributed by atoms with Crippen molar-refractivity contribution in [2.24, 2.45) is 0 Å². The summed E-state index contributed by atoms with van der Waals surface area (Å²) < 4.78 is 6.63. The van der Waals surface area contributed by atoms with E-state index >= 15 is 0 Å². The smallest absolute Gasteiger partial charge is 0.110 e. The summed E-state index contributed by atoms with van der Waals surface area (Å²) in [6.07, 6.45) is 0. The molecule has 0 atom stereocenters. The summed E-state index contributed by atoms with van der Waals surface area (Å²) in [5.74, 6) is 0. The van der Waals surface area contributed by atoms with E-state index in [2.05, 4.69) is 83.4 Å². The van der Waals surface area contributed by atoms with Crippen molar-refractivity contribution >= 4 is 63.3 Å². The Morgan fingerprint density at radius 2 is 1.32 bits per heavy atom. The number of thiophene rings is 2. The molecule has 3 heterocycles. The van der Waals surface area contributed by atoms with Crippen LogP contribution in [0.15, 0.2) is 78.9 Å². The number of benzene rings is 3. The predicted molar refractivity (Wildman–Crippen MR) is 112 cm³/mol. The maximum Gasteiger partial charge on any atom is 0.110 e. The minimum absolute atomic E-state index is 1.23. The summed E-state index contributed by atoms with van der Waals surface area (Å²) in [6.45, 7) is 0. The molecule has 0 aliphatic heterocycles. The second-order valence-electron chi connectivity index (χ2n) is 6.23. The van der Waals surface area contributed by atoms with E-state index in [-0.39, 0.29) is 0 Å². The first-order chi connectivity index (χ1) is 12.4. The number of hydrogen-bond acceptors (Lipinski definition) is 2. The van der Waals surface area contributed by atoms with E-state index in [1.165, 1.54) is 46.3 Å². The lowest BCUT2D eigenvalue weighted by Crippen LogP contribution is -1.91. The van der Waals surface area contributed by atoms with Crippen molar-refractivity contribution in [3.05, 3.63) is 78.9 Å². The van der Waals surface area contributed by atoms with E-state index in [0.717, 1.165) is 0 Å². The van der Waals surface area contributed by atoms with Gasteiger partial charge in [0.2, 0.25) is 0 Å². The highest BCUT2D eigenvalue weighted by molar-refractivity contribution is 7.36. The molecule has 0 unspecified atom stereocenters. The average Bonchev–Trinajstić information content (AvgIpc) is 3.29. The molecule has 3 aromatic heterocycles. The third-order valence-electron chi connectivity index (χ3n) is 4.82. The lowest BCUT2D eigenvalue weighted by atomic mass is 10.2. The molecule has 3 aromatic carbocycles. The van der Waals surface area contributed by atoms with Gasteiger partial charge in [0.1, 0.15) is 4.83 Å². The molecule has 0 fully saturated rings. The second kappa shape index (κ2) is 4.94. The van der Waals surface area contributed by atoms with Gasteiger partial charge in [0.25, 0.3) is 0 Å². The minimum atomic E-state index is 1.23. The van der Waals surface area contributed by atoms with E-state index in [0.29, 0.717) is 0 Å². The molecule has 0 aliphatic carbocycles. The fraction of sp³-hybridized carbons (Fsp3) is 0. The molecule has 0 saturated carbocycles. The van der Waals surface area contributed by atoms with E-state index in [4.69, 9.17) is 0 Å². The van der Waals surface area contributed by atoms with Gasteiger partial charge in [-0.15, -0.1) is 22.7 Å². The number of para-hydroxylation sites is 2. The fourth-order valence-electron chi connectivity index (χ4n) is 3.75. The number of hydrogen-bond donors (Lipinski definition) is 0. The maximum atomic E-state index is 2.41. The molecule has 0 bridgehead atoms. The average molecular weight is 355 g/mol. The SMILES string of the molecule is c1ccc(-n2c3ccccc3c3c4sc5ccccc5c4sc32)cc1. The van der Waals surface area contributed by atoms with E-state index < -0.39 is 0 Å². The van der Waals surface area contributed by atoms with Crippen LogP contribution in [-0.2, 0) is 0 Å². The number of rotatable bonds is 1. The third kappa shape index (κ3) is 1.77. The summed E-state index contributed by atoms with van der Waals surface area (Å²) in [5.41, 5.74) is 2.52. The van der Waals surface area contributed by atoms with Crippen molar-refractivity contribution in [1.29, 1.82) is 0 Å². The van der Waals surface area contributed by atoms with Crippen molar-refractivity contribution in [3.8, 4) is 5.69 Å². The monoisotopic (exact) mass is 355 g/mol. The molecule has 0 N–H and O–H groups in total. The van der Waals surface area contributed by atoms with Crippen LogP contribution in [0.3, 0.4) is 0 Å². The summed E-state index contributed by atoms with van der Waals surface area (Å²) in [6, 6.07) is 28.2. The Labute approximate surface area is 152 Å². The zero-order valence-corrected chi connectivity index (χ0v) is 14.9. The highest BCUT2D eigenvalue weighted by Gasteiger charge is 2.19.